The molecule has 1 fully saturated rings. The van der Waals surface area contributed by atoms with E-state index in [9.17, 15) is 18.0 Å². The molecule has 1 saturated heterocycles. The van der Waals surface area contributed by atoms with Crippen molar-refractivity contribution in [2.24, 2.45) is 0 Å². The number of hydrogen-bond donors (Lipinski definition) is 0. The Hall–Kier alpha value is -2.79. The summed E-state index contributed by atoms with van der Waals surface area (Å²) in [5.41, 5.74) is -0.836. The predicted octanol–water partition coefficient (Wildman–Crippen LogP) is 3.60. The molecule has 0 radical (unpaired) electrons. The molecule has 11 heteroatoms. The highest BCUT2D eigenvalue weighted by atomic mass is 32.1. The van der Waals surface area contributed by atoms with Crippen molar-refractivity contribution in [1.82, 2.24) is 24.9 Å². The number of nitrogens with zero attached hydrogens (tertiary/aromatic N) is 5. The average Bonchev–Trinajstić information content (AvgIpc) is 3.45. The zero-order chi connectivity index (χ0) is 21.8. The summed E-state index contributed by atoms with van der Waals surface area (Å²) in [4.78, 5) is 25.2. The van der Waals surface area contributed by atoms with Crippen molar-refractivity contribution in [3.05, 3.63) is 53.0 Å². The van der Waals surface area contributed by atoms with Crippen molar-refractivity contribution in [2.75, 3.05) is 32.7 Å². The molecular formula is C20H20F3N5O2S. The van der Waals surface area contributed by atoms with Gasteiger partial charge in [0, 0.05) is 38.8 Å². The molecule has 0 unspecified atom stereocenters. The highest BCUT2D eigenvalue weighted by Gasteiger charge is 2.32. The van der Waals surface area contributed by atoms with E-state index in [1.807, 2.05) is 17.5 Å². The van der Waals surface area contributed by atoms with E-state index in [2.05, 4.69) is 20.0 Å². The quantitative estimate of drug-likeness (QED) is 0.570. The third-order valence-corrected chi connectivity index (χ3v) is 5.90. The second-order valence-electron chi connectivity index (χ2n) is 7.16. The summed E-state index contributed by atoms with van der Waals surface area (Å²) < 4.78 is 43.2. The first-order valence-corrected chi connectivity index (χ1v) is 10.7. The lowest BCUT2D eigenvalue weighted by Crippen LogP contribution is -2.48. The molecule has 1 aliphatic rings. The molecule has 0 atom stereocenters. The Kier molecular flexibility index (Phi) is 6.33. The highest BCUT2D eigenvalue weighted by molar-refractivity contribution is 7.13. The summed E-state index contributed by atoms with van der Waals surface area (Å²) in [6, 6.07) is 5.90. The molecule has 0 aromatic carbocycles. The minimum Gasteiger partial charge on any atom is -0.339 e. The number of halogens is 3. The summed E-state index contributed by atoms with van der Waals surface area (Å²) in [6.45, 7) is 3.26. The maximum atomic E-state index is 12.6. The SMILES string of the molecule is O=C(c1ccc(C(F)(F)F)nc1)N1CCN(CCCc2nc(-c3cccs3)no2)CC1. The van der Waals surface area contributed by atoms with Gasteiger partial charge in [-0.15, -0.1) is 11.3 Å². The molecular weight excluding hydrogens is 431 g/mol. The Morgan fingerprint density at radius 3 is 2.61 bits per heavy atom. The van der Waals surface area contributed by atoms with Crippen LogP contribution in [0.5, 0.6) is 0 Å². The van der Waals surface area contributed by atoms with Crippen LogP contribution in [0.2, 0.25) is 0 Å². The second kappa shape index (κ2) is 9.15. The predicted molar refractivity (Wildman–Crippen MR) is 108 cm³/mol. The topological polar surface area (TPSA) is 75.4 Å². The van der Waals surface area contributed by atoms with E-state index in [1.165, 1.54) is 6.07 Å². The molecule has 3 aromatic heterocycles. The molecule has 1 amide bonds. The van der Waals surface area contributed by atoms with Crippen LogP contribution < -0.4 is 0 Å². The fraction of sp³-hybridized carbons (Fsp3) is 0.400. The van der Waals surface area contributed by atoms with Crippen LogP contribution in [0.1, 0.15) is 28.4 Å². The van der Waals surface area contributed by atoms with Crippen LogP contribution >= 0.6 is 11.3 Å². The molecule has 7 nitrogen and oxygen atoms in total. The van der Waals surface area contributed by atoms with E-state index in [4.69, 9.17) is 4.52 Å². The van der Waals surface area contributed by atoms with E-state index >= 15 is 0 Å². The van der Waals surface area contributed by atoms with Gasteiger partial charge in [-0.05, 0) is 36.5 Å². The van der Waals surface area contributed by atoms with Gasteiger partial charge in [-0.1, -0.05) is 11.2 Å². The molecule has 4 heterocycles. The van der Waals surface area contributed by atoms with Gasteiger partial charge in [-0.2, -0.15) is 18.2 Å². The molecule has 1 aliphatic heterocycles. The summed E-state index contributed by atoms with van der Waals surface area (Å²) in [6.07, 6.45) is -2.00. The van der Waals surface area contributed by atoms with Crippen molar-refractivity contribution in [2.45, 2.75) is 19.0 Å². The van der Waals surface area contributed by atoms with Crippen molar-refractivity contribution in [3.63, 3.8) is 0 Å². The Labute approximate surface area is 180 Å². The van der Waals surface area contributed by atoms with Crippen molar-refractivity contribution in [3.8, 4) is 10.7 Å². The van der Waals surface area contributed by atoms with E-state index in [-0.39, 0.29) is 11.5 Å². The standard InChI is InChI=1S/C20H20F3N5O2S/c21-20(22,23)16-6-5-14(13-24-16)19(29)28-10-8-27(9-11-28)7-1-4-17-25-18(26-30-17)15-3-2-12-31-15/h2-3,5-6,12-13H,1,4,7-11H2. The first-order chi connectivity index (χ1) is 14.9. The summed E-state index contributed by atoms with van der Waals surface area (Å²) >= 11 is 1.56. The number of amides is 1. The maximum absolute atomic E-state index is 12.6. The van der Waals surface area contributed by atoms with E-state index in [1.54, 1.807) is 16.2 Å². The number of alkyl halides is 3. The van der Waals surface area contributed by atoms with Crippen LogP contribution in [0.25, 0.3) is 10.7 Å². The van der Waals surface area contributed by atoms with Crippen LogP contribution in [0.3, 0.4) is 0 Å². The summed E-state index contributed by atoms with van der Waals surface area (Å²) in [5.74, 6) is 0.912. The van der Waals surface area contributed by atoms with Crippen molar-refractivity contribution < 1.29 is 22.5 Å². The lowest BCUT2D eigenvalue weighted by Gasteiger charge is -2.34. The lowest BCUT2D eigenvalue weighted by molar-refractivity contribution is -0.141. The molecule has 31 heavy (non-hydrogen) atoms. The summed E-state index contributed by atoms with van der Waals surface area (Å²) in [7, 11) is 0. The number of hydrogen-bond acceptors (Lipinski definition) is 7. The molecule has 0 spiro atoms. The fourth-order valence-electron chi connectivity index (χ4n) is 3.36. The number of pyridine rings is 1. The lowest BCUT2D eigenvalue weighted by atomic mass is 10.2. The fourth-order valence-corrected chi connectivity index (χ4v) is 4.01. The van der Waals surface area contributed by atoms with Gasteiger partial charge >= 0.3 is 6.18 Å². The van der Waals surface area contributed by atoms with Gasteiger partial charge in [0.15, 0.2) is 0 Å². The molecule has 0 bridgehead atoms. The molecule has 4 rings (SSSR count). The van der Waals surface area contributed by atoms with Crippen LogP contribution in [-0.4, -0.2) is 63.6 Å². The molecule has 0 aliphatic carbocycles. The van der Waals surface area contributed by atoms with Gasteiger partial charge in [0.05, 0.1) is 10.4 Å². The third kappa shape index (κ3) is 5.28. The number of aryl methyl sites for hydroxylation is 1. The number of aromatic nitrogens is 3. The molecule has 3 aromatic rings. The summed E-state index contributed by atoms with van der Waals surface area (Å²) in [5, 5.41) is 5.96. The Morgan fingerprint density at radius 2 is 1.97 bits per heavy atom. The Bertz CT molecular complexity index is 997. The van der Waals surface area contributed by atoms with Crippen LogP contribution in [-0.2, 0) is 12.6 Å². The van der Waals surface area contributed by atoms with Gasteiger partial charge in [0.2, 0.25) is 11.7 Å². The minimum atomic E-state index is -4.51. The van der Waals surface area contributed by atoms with Gasteiger partial charge in [-0.25, -0.2) is 0 Å². The molecule has 0 saturated carbocycles. The number of thiophene rings is 1. The number of carbonyl (C=O) groups is 1. The number of piperazine rings is 1. The van der Waals surface area contributed by atoms with Gasteiger partial charge < -0.3 is 9.42 Å². The zero-order valence-corrected chi connectivity index (χ0v) is 17.3. The molecule has 164 valence electrons. The average molecular weight is 451 g/mol. The number of rotatable bonds is 6. The first kappa shape index (κ1) is 21.4. The minimum absolute atomic E-state index is 0.166. The monoisotopic (exact) mass is 451 g/mol. The maximum Gasteiger partial charge on any atom is 0.433 e. The van der Waals surface area contributed by atoms with Gasteiger partial charge in [0.25, 0.3) is 5.91 Å². The van der Waals surface area contributed by atoms with Crippen molar-refractivity contribution in [1.29, 1.82) is 0 Å². The smallest absolute Gasteiger partial charge is 0.339 e. The normalized spacial score (nSPS) is 15.4. The van der Waals surface area contributed by atoms with Gasteiger partial charge in [0.1, 0.15) is 5.69 Å². The van der Waals surface area contributed by atoms with Crippen LogP contribution in [0.15, 0.2) is 40.4 Å². The number of carbonyl (C=O) groups excluding carboxylic acids is 1. The second-order valence-corrected chi connectivity index (χ2v) is 8.10. The highest BCUT2D eigenvalue weighted by Crippen LogP contribution is 2.27. The van der Waals surface area contributed by atoms with E-state index in [0.717, 1.165) is 30.1 Å². The largest absolute Gasteiger partial charge is 0.433 e. The van der Waals surface area contributed by atoms with Crippen LogP contribution in [0, 0.1) is 0 Å². The Balaban J connectivity index is 1.21. The van der Waals surface area contributed by atoms with E-state index in [0.29, 0.717) is 44.3 Å². The van der Waals surface area contributed by atoms with Crippen LogP contribution in [0.4, 0.5) is 13.2 Å². The first-order valence-electron chi connectivity index (χ1n) is 9.81. The third-order valence-electron chi connectivity index (χ3n) is 5.04. The van der Waals surface area contributed by atoms with E-state index < -0.39 is 11.9 Å². The molecule has 0 N–H and O–H groups in total. The van der Waals surface area contributed by atoms with Crippen molar-refractivity contribution >= 4 is 17.2 Å². The van der Waals surface area contributed by atoms with Gasteiger partial charge in [-0.3, -0.25) is 14.7 Å². The Morgan fingerprint density at radius 1 is 1.16 bits per heavy atom. The zero-order valence-electron chi connectivity index (χ0n) is 16.5.